The normalized spacial score (nSPS) is 12.4. The number of hydrogen-bond acceptors (Lipinski definition) is 2. The molecule has 0 aliphatic rings. The van der Waals surface area contributed by atoms with Crippen molar-refractivity contribution >= 4 is 23.4 Å². The van der Waals surface area contributed by atoms with Crippen LogP contribution in [0.2, 0.25) is 5.02 Å². The first-order chi connectivity index (χ1) is 8.72. The molecule has 2 N–H and O–H groups in total. The van der Waals surface area contributed by atoms with Gasteiger partial charge in [0.2, 0.25) is 0 Å². The largest absolute Gasteiger partial charge is 0.329 e. The lowest BCUT2D eigenvalue weighted by Gasteiger charge is -2.16. The van der Waals surface area contributed by atoms with Crippen molar-refractivity contribution in [1.29, 1.82) is 0 Å². The maximum atomic E-state index is 13.7. The average Bonchev–Trinajstić information content (AvgIpc) is 2.39. The van der Waals surface area contributed by atoms with Gasteiger partial charge in [0.1, 0.15) is 5.82 Å². The molecule has 0 aromatic heterocycles. The fourth-order valence-electron chi connectivity index (χ4n) is 1.67. The summed E-state index contributed by atoms with van der Waals surface area (Å²) in [7, 11) is 0. The third kappa shape index (κ3) is 3.05. The van der Waals surface area contributed by atoms with E-state index in [4.69, 9.17) is 17.3 Å². The first-order valence-electron chi connectivity index (χ1n) is 5.58. The second kappa shape index (κ2) is 6.23. The van der Waals surface area contributed by atoms with Gasteiger partial charge in [0.25, 0.3) is 0 Å². The van der Waals surface area contributed by atoms with E-state index in [2.05, 4.69) is 0 Å². The minimum Gasteiger partial charge on any atom is -0.329 e. The van der Waals surface area contributed by atoms with Crippen LogP contribution in [-0.4, -0.2) is 6.54 Å². The first kappa shape index (κ1) is 13.4. The van der Waals surface area contributed by atoms with Gasteiger partial charge in [-0.1, -0.05) is 41.9 Å². The molecule has 94 valence electrons. The molecule has 0 amide bonds. The van der Waals surface area contributed by atoms with Crippen LogP contribution >= 0.6 is 23.4 Å². The van der Waals surface area contributed by atoms with E-state index in [1.807, 2.05) is 30.3 Å². The molecule has 0 radical (unpaired) electrons. The molecule has 0 bridgehead atoms. The summed E-state index contributed by atoms with van der Waals surface area (Å²) in [6, 6.07) is 14.2. The van der Waals surface area contributed by atoms with Gasteiger partial charge in [-0.15, -0.1) is 11.8 Å². The molecule has 1 unspecified atom stereocenters. The fraction of sp³-hybridized carbons (Fsp3) is 0.143. The van der Waals surface area contributed by atoms with Crippen molar-refractivity contribution in [3.8, 4) is 0 Å². The van der Waals surface area contributed by atoms with Gasteiger partial charge in [-0.2, -0.15) is 0 Å². The number of rotatable bonds is 4. The van der Waals surface area contributed by atoms with Crippen LogP contribution in [0, 0.1) is 5.82 Å². The molecule has 1 atom stereocenters. The van der Waals surface area contributed by atoms with E-state index in [9.17, 15) is 4.39 Å². The molecule has 0 heterocycles. The Morgan fingerprint density at radius 2 is 1.78 bits per heavy atom. The lowest BCUT2D eigenvalue weighted by Crippen LogP contribution is -2.10. The van der Waals surface area contributed by atoms with Crippen molar-refractivity contribution in [3.05, 3.63) is 64.9 Å². The molecule has 0 aliphatic carbocycles. The standard InChI is InChI=1S/C14H13ClFNS/c15-11-6-2-4-8-13(11)18-14(9-17)10-5-1-3-7-12(10)16/h1-8,14H,9,17H2. The second-order valence-corrected chi connectivity index (χ2v) is 5.45. The quantitative estimate of drug-likeness (QED) is 0.847. The maximum Gasteiger partial charge on any atom is 0.127 e. The molecule has 0 fully saturated rings. The highest BCUT2D eigenvalue weighted by Crippen LogP contribution is 2.38. The van der Waals surface area contributed by atoms with Crippen molar-refractivity contribution < 1.29 is 4.39 Å². The Balaban J connectivity index is 2.26. The van der Waals surface area contributed by atoms with E-state index in [0.717, 1.165) is 4.90 Å². The van der Waals surface area contributed by atoms with Gasteiger partial charge in [-0.3, -0.25) is 0 Å². The second-order valence-electron chi connectivity index (χ2n) is 3.79. The summed E-state index contributed by atoms with van der Waals surface area (Å²) in [5, 5.41) is 0.531. The Bertz CT molecular complexity index is 533. The molecule has 18 heavy (non-hydrogen) atoms. The van der Waals surface area contributed by atoms with Crippen LogP contribution in [0.15, 0.2) is 53.4 Å². The van der Waals surface area contributed by atoms with Crippen LogP contribution in [0.25, 0.3) is 0 Å². The van der Waals surface area contributed by atoms with Gasteiger partial charge >= 0.3 is 0 Å². The van der Waals surface area contributed by atoms with E-state index in [-0.39, 0.29) is 11.1 Å². The van der Waals surface area contributed by atoms with Crippen LogP contribution in [0.4, 0.5) is 4.39 Å². The molecular formula is C14H13ClFNS. The highest BCUT2D eigenvalue weighted by Gasteiger charge is 2.16. The van der Waals surface area contributed by atoms with Gasteiger partial charge in [-0.25, -0.2) is 4.39 Å². The highest BCUT2D eigenvalue weighted by atomic mass is 35.5. The smallest absolute Gasteiger partial charge is 0.127 e. The van der Waals surface area contributed by atoms with E-state index in [0.29, 0.717) is 17.1 Å². The molecule has 0 saturated heterocycles. The summed E-state index contributed by atoms with van der Waals surface area (Å²) in [5.41, 5.74) is 6.36. The van der Waals surface area contributed by atoms with Gasteiger partial charge in [0.05, 0.1) is 5.02 Å². The van der Waals surface area contributed by atoms with Crippen molar-refractivity contribution in [2.24, 2.45) is 5.73 Å². The minimum atomic E-state index is -0.229. The summed E-state index contributed by atoms with van der Waals surface area (Å²) in [4.78, 5) is 0.915. The summed E-state index contributed by atoms with van der Waals surface area (Å²) in [6.45, 7) is 0.358. The van der Waals surface area contributed by atoms with Crippen molar-refractivity contribution in [2.45, 2.75) is 10.1 Å². The van der Waals surface area contributed by atoms with Gasteiger partial charge < -0.3 is 5.73 Å². The number of thioether (sulfide) groups is 1. The zero-order chi connectivity index (χ0) is 13.0. The van der Waals surface area contributed by atoms with Crippen molar-refractivity contribution in [1.82, 2.24) is 0 Å². The van der Waals surface area contributed by atoms with Gasteiger partial charge in [0.15, 0.2) is 0 Å². The number of nitrogens with two attached hydrogens (primary N) is 1. The fourth-order valence-corrected chi connectivity index (χ4v) is 3.00. The molecule has 2 rings (SSSR count). The third-order valence-electron chi connectivity index (χ3n) is 2.57. The van der Waals surface area contributed by atoms with Crippen LogP contribution in [0.3, 0.4) is 0 Å². The van der Waals surface area contributed by atoms with Crippen LogP contribution in [0.1, 0.15) is 10.8 Å². The number of benzene rings is 2. The molecule has 0 saturated carbocycles. The summed E-state index contributed by atoms with van der Waals surface area (Å²) in [5.74, 6) is -0.229. The van der Waals surface area contributed by atoms with E-state index in [1.165, 1.54) is 17.8 Å². The third-order valence-corrected chi connectivity index (χ3v) is 4.35. The first-order valence-corrected chi connectivity index (χ1v) is 6.84. The van der Waals surface area contributed by atoms with Crippen molar-refractivity contribution in [2.75, 3.05) is 6.54 Å². The summed E-state index contributed by atoms with van der Waals surface area (Å²) >= 11 is 7.58. The van der Waals surface area contributed by atoms with Crippen LogP contribution in [0.5, 0.6) is 0 Å². The summed E-state index contributed by atoms with van der Waals surface area (Å²) in [6.07, 6.45) is 0. The van der Waals surface area contributed by atoms with E-state index in [1.54, 1.807) is 12.1 Å². The monoisotopic (exact) mass is 281 g/mol. The Morgan fingerprint density at radius 3 is 2.44 bits per heavy atom. The predicted molar refractivity (Wildman–Crippen MR) is 75.5 cm³/mol. The zero-order valence-electron chi connectivity index (χ0n) is 9.64. The zero-order valence-corrected chi connectivity index (χ0v) is 11.2. The maximum absolute atomic E-state index is 13.7. The van der Waals surface area contributed by atoms with Gasteiger partial charge in [0, 0.05) is 22.3 Å². The molecule has 0 spiro atoms. The molecule has 1 nitrogen and oxygen atoms in total. The molecule has 2 aromatic rings. The van der Waals surface area contributed by atoms with Gasteiger partial charge in [-0.05, 0) is 18.2 Å². The van der Waals surface area contributed by atoms with Crippen LogP contribution < -0.4 is 5.73 Å². The molecule has 4 heteroatoms. The average molecular weight is 282 g/mol. The molecule has 0 aliphatic heterocycles. The highest BCUT2D eigenvalue weighted by molar-refractivity contribution is 7.99. The molecule has 2 aromatic carbocycles. The molecular weight excluding hydrogens is 269 g/mol. The topological polar surface area (TPSA) is 26.0 Å². The summed E-state index contributed by atoms with van der Waals surface area (Å²) < 4.78 is 13.7. The van der Waals surface area contributed by atoms with E-state index >= 15 is 0 Å². The Kier molecular flexibility index (Phi) is 4.64. The number of hydrogen-bond donors (Lipinski definition) is 1. The van der Waals surface area contributed by atoms with Crippen LogP contribution in [-0.2, 0) is 0 Å². The SMILES string of the molecule is NCC(Sc1ccccc1Cl)c1ccccc1F. The Hall–Kier alpha value is -1.03. The Morgan fingerprint density at radius 1 is 1.11 bits per heavy atom. The van der Waals surface area contributed by atoms with E-state index < -0.39 is 0 Å². The van der Waals surface area contributed by atoms with Crippen molar-refractivity contribution in [3.63, 3.8) is 0 Å². The lowest BCUT2D eigenvalue weighted by atomic mass is 10.1. The minimum absolute atomic E-state index is 0.133. The predicted octanol–water partition coefficient (Wildman–Crippen LogP) is 4.27. The number of halogens is 2. The Labute approximate surface area is 115 Å². The lowest BCUT2D eigenvalue weighted by molar-refractivity contribution is 0.608.